The van der Waals surface area contributed by atoms with Crippen molar-refractivity contribution >= 4 is 34.5 Å². The molecule has 5 heteroatoms. The summed E-state index contributed by atoms with van der Waals surface area (Å²) >= 11 is 13.3. The molecular formula is C11H6Cl2N2S. The molecule has 1 aromatic carbocycles. The van der Waals surface area contributed by atoms with Gasteiger partial charge in [0.1, 0.15) is 5.01 Å². The smallest absolute Gasteiger partial charge is 0.123 e. The van der Waals surface area contributed by atoms with Gasteiger partial charge in [-0.2, -0.15) is 5.26 Å². The zero-order valence-corrected chi connectivity index (χ0v) is 10.4. The van der Waals surface area contributed by atoms with Gasteiger partial charge in [-0.1, -0.05) is 23.2 Å². The molecule has 2 nitrogen and oxygen atoms in total. The molecular weight excluding hydrogens is 263 g/mol. The number of hydrogen-bond donors (Lipinski definition) is 0. The maximum Gasteiger partial charge on any atom is 0.123 e. The Hall–Kier alpha value is -1.08. The van der Waals surface area contributed by atoms with Crippen molar-refractivity contribution in [1.82, 2.24) is 4.98 Å². The molecule has 0 spiro atoms. The largest absolute Gasteiger partial charge is 0.240 e. The second-order valence-electron chi connectivity index (χ2n) is 3.14. The second kappa shape index (κ2) is 4.84. The Labute approximate surface area is 107 Å². The molecule has 1 heterocycles. The zero-order valence-electron chi connectivity index (χ0n) is 8.08. The summed E-state index contributed by atoms with van der Waals surface area (Å²) < 4.78 is 0. The lowest BCUT2D eigenvalue weighted by Gasteiger charge is -1.98. The van der Waals surface area contributed by atoms with E-state index in [2.05, 4.69) is 11.1 Å². The third-order valence-electron chi connectivity index (χ3n) is 1.92. The Morgan fingerprint density at radius 2 is 1.94 bits per heavy atom. The number of halogens is 2. The van der Waals surface area contributed by atoms with Crippen LogP contribution in [-0.4, -0.2) is 4.98 Å². The molecule has 0 amide bonds. The van der Waals surface area contributed by atoms with Gasteiger partial charge in [0, 0.05) is 21.0 Å². The Balaban J connectivity index is 2.39. The van der Waals surface area contributed by atoms with Gasteiger partial charge >= 0.3 is 0 Å². The predicted molar refractivity (Wildman–Crippen MR) is 66.9 cm³/mol. The first-order chi connectivity index (χ1) is 7.69. The van der Waals surface area contributed by atoms with E-state index >= 15 is 0 Å². The van der Waals surface area contributed by atoms with Crippen LogP contribution >= 0.6 is 34.5 Å². The average Bonchev–Trinajstić information content (AvgIpc) is 2.65. The number of rotatable bonds is 2. The van der Waals surface area contributed by atoms with E-state index in [-0.39, 0.29) is 0 Å². The van der Waals surface area contributed by atoms with Gasteiger partial charge in [0.05, 0.1) is 18.2 Å². The maximum atomic E-state index is 8.56. The van der Waals surface area contributed by atoms with Crippen LogP contribution in [-0.2, 0) is 6.42 Å². The van der Waals surface area contributed by atoms with Gasteiger partial charge in [-0.3, -0.25) is 0 Å². The lowest BCUT2D eigenvalue weighted by Crippen LogP contribution is -1.82. The summed E-state index contributed by atoms with van der Waals surface area (Å²) in [6.45, 7) is 0. The van der Waals surface area contributed by atoms with E-state index in [0.29, 0.717) is 16.5 Å². The van der Waals surface area contributed by atoms with Gasteiger partial charge in [-0.05, 0) is 18.2 Å². The standard InChI is InChI=1S/C11H6Cl2N2S/c12-8-3-7(4-9(13)5-8)11-15-10(1-2-14)6-16-11/h3-6H,1H2. The molecule has 16 heavy (non-hydrogen) atoms. The SMILES string of the molecule is N#CCc1csc(-c2cc(Cl)cc(Cl)c2)n1. The van der Waals surface area contributed by atoms with Crippen molar-refractivity contribution in [2.45, 2.75) is 6.42 Å². The summed E-state index contributed by atoms with van der Waals surface area (Å²) in [7, 11) is 0. The minimum atomic E-state index is 0.324. The number of hydrogen-bond acceptors (Lipinski definition) is 3. The summed E-state index contributed by atoms with van der Waals surface area (Å²) in [4.78, 5) is 4.33. The third-order valence-corrected chi connectivity index (χ3v) is 3.30. The van der Waals surface area contributed by atoms with Gasteiger partial charge in [0.25, 0.3) is 0 Å². The van der Waals surface area contributed by atoms with Crippen LogP contribution < -0.4 is 0 Å². The molecule has 0 saturated carbocycles. The first-order valence-electron chi connectivity index (χ1n) is 4.47. The van der Waals surface area contributed by atoms with Crippen LogP contribution in [0.3, 0.4) is 0 Å². The Morgan fingerprint density at radius 1 is 1.25 bits per heavy atom. The molecule has 0 saturated heterocycles. The number of nitriles is 1. The fraction of sp³-hybridized carbons (Fsp3) is 0.0909. The minimum Gasteiger partial charge on any atom is -0.240 e. The Kier molecular flexibility index (Phi) is 3.45. The van der Waals surface area contributed by atoms with Crippen LogP contribution in [0.5, 0.6) is 0 Å². The Morgan fingerprint density at radius 3 is 2.56 bits per heavy atom. The Bertz CT molecular complexity index is 537. The highest BCUT2D eigenvalue weighted by Crippen LogP contribution is 2.29. The zero-order chi connectivity index (χ0) is 11.5. The van der Waals surface area contributed by atoms with E-state index < -0.39 is 0 Å². The first-order valence-corrected chi connectivity index (χ1v) is 6.10. The van der Waals surface area contributed by atoms with Gasteiger partial charge < -0.3 is 0 Å². The molecule has 0 unspecified atom stereocenters. The first kappa shape index (κ1) is 11.4. The number of benzene rings is 1. The lowest BCUT2D eigenvalue weighted by molar-refractivity contribution is 1.16. The molecule has 2 aromatic rings. The molecule has 0 aliphatic rings. The molecule has 0 aliphatic heterocycles. The number of aromatic nitrogens is 1. The molecule has 0 radical (unpaired) electrons. The monoisotopic (exact) mass is 268 g/mol. The van der Waals surface area contributed by atoms with Crippen molar-refractivity contribution in [2.24, 2.45) is 0 Å². The molecule has 0 N–H and O–H groups in total. The normalized spacial score (nSPS) is 10.1. The highest BCUT2D eigenvalue weighted by atomic mass is 35.5. The van der Waals surface area contributed by atoms with E-state index in [4.69, 9.17) is 28.5 Å². The number of thiazole rings is 1. The van der Waals surface area contributed by atoms with Gasteiger partial charge in [-0.25, -0.2) is 4.98 Å². The van der Waals surface area contributed by atoms with Crippen molar-refractivity contribution in [3.63, 3.8) is 0 Å². The molecule has 0 fully saturated rings. The molecule has 1 aromatic heterocycles. The van der Waals surface area contributed by atoms with Gasteiger partial charge in [0.15, 0.2) is 0 Å². The van der Waals surface area contributed by atoms with Crippen molar-refractivity contribution in [3.8, 4) is 16.6 Å². The summed E-state index contributed by atoms with van der Waals surface area (Å²) in [5, 5.41) is 12.4. The quantitative estimate of drug-likeness (QED) is 0.819. The predicted octanol–water partition coefficient (Wildman–Crippen LogP) is 4.18. The minimum absolute atomic E-state index is 0.324. The van der Waals surface area contributed by atoms with E-state index in [1.165, 1.54) is 11.3 Å². The molecule has 2 rings (SSSR count). The number of nitrogens with zero attached hydrogens (tertiary/aromatic N) is 2. The van der Waals surface area contributed by atoms with Crippen LogP contribution in [0.2, 0.25) is 10.0 Å². The van der Waals surface area contributed by atoms with Crippen LogP contribution in [0.15, 0.2) is 23.6 Å². The van der Waals surface area contributed by atoms with Crippen molar-refractivity contribution in [3.05, 3.63) is 39.3 Å². The van der Waals surface area contributed by atoms with Crippen molar-refractivity contribution < 1.29 is 0 Å². The summed E-state index contributed by atoms with van der Waals surface area (Å²) in [5.74, 6) is 0. The highest BCUT2D eigenvalue weighted by Gasteiger charge is 2.06. The fourth-order valence-corrected chi connectivity index (χ4v) is 2.61. The maximum absolute atomic E-state index is 8.56. The van der Waals surface area contributed by atoms with Crippen LogP contribution in [0.4, 0.5) is 0 Å². The van der Waals surface area contributed by atoms with Crippen LogP contribution in [0, 0.1) is 11.3 Å². The van der Waals surface area contributed by atoms with E-state index in [9.17, 15) is 0 Å². The van der Waals surface area contributed by atoms with Crippen molar-refractivity contribution in [2.75, 3.05) is 0 Å². The average molecular weight is 269 g/mol. The third kappa shape index (κ3) is 2.53. The summed E-state index contributed by atoms with van der Waals surface area (Å²) in [6, 6.07) is 7.36. The summed E-state index contributed by atoms with van der Waals surface area (Å²) in [5.41, 5.74) is 1.66. The second-order valence-corrected chi connectivity index (χ2v) is 4.87. The van der Waals surface area contributed by atoms with Crippen LogP contribution in [0.25, 0.3) is 10.6 Å². The topological polar surface area (TPSA) is 36.7 Å². The highest BCUT2D eigenvalue weighted by molar-refractivity contribution is 7.13. The van der Waals surface area contributed by atoms with Gasteiger partial charge in [-0.15, -0.1) is 11.3 Å². The van der Waals surface area contributed by atoms with Crippen molar-refractivity contribution in [1.29, 1.82) is 5.26 Å². The molecule has 0 atom stereocenters. The van der Waals surface area contributed by atoms with E-state index in [1.807, 2.05) is 17.5 Å². The van der Waals surface area contributed by atoms with E-state index in [0.717, 1.165) is 16.3 Å². The molecule has 0 bridgehead atoms. The fourth-order valence-electron chi connectivity index (χ4n) is 1.28. The van der Waals surface area contributed by atoms with E-state index in [1.54, 1.807) is 6.07 Å². The molecule has 80 valence electrons. The van der Waals surface area contributed by atoms with Gasteiger partial charge in [0.2, 0.25) is 0 Å². The molecule has 0 aliphatic carbocycles. The lowest BCUT2D eigenvalue weighted by atomic mass is 10.2. The summed E-state index contributed by atoms with van der Waals surface area (Å²) in [6.07, 6.45) is 0.324. The van der Waals surface area contributed by atoms with Crippen LogP contribution in [0.1, 0.15) is 5.69 Å².